The first-order valence-corrected chi connectivity index (χ1v) is 9.48. The second kappa shape index (κ2) is 8.79. The van der Waals surface area contributed by atoms with E-state index in [1.165, 1.54) is 24.5 Å². The minimum absolute atomic E-state index is 0.154. The maximum Gasteiger partial charge on any atom is 0.264 e. The van der Waals surface area contributed by atoms with Gasteiger partial charge < -0.3 is 9.64 Å². The number of amides is 1. The predicted octanol–water partition coefficient (Wildman–Crippen LogP) is 4.89. The summed E-state index contributed by atoms with van der Waals surface area (Å²) in [7, 11) is 1.52. The van der Waals surface area contributed by atoms with Crippen molar-refractivity contribution in [1.29, 1.82) is 5.26 Å². The van der Waals surface area contributed by atoms with Gasteiger partial charge in [-0.2, -0.15) is 5.26 Å². The zero-order valence-electron chi connectivity index (χ0n) is 15.4. The molecule has 28 heavy (non-hydrogen) atoms. The van der Waals surface area contributed by atoms with E-state index < -0.39 is 0 Å². The van der Waals surface area contributed by atoms with Crippen molar-refractivity contribution in [3.63, 3.8) is 0 Å². The average Bonchev–Trinajstić information content (AvgIpc) is 3.08. The highest BCUT2D eigenvalue weighted by molar-refractivity contribution is 7.21. The number of carbonyl (C=O) groups is 1. The van der Waals surface area contributed by atoms with Crippen LogP contribution >= 0.6 is 11.3 Å². The first-order chi connectivity index (χ1) is 13.6. The lowest BCUT2D eigenvalue weighted by Gasteiger charge is -2.21. The first kappa shape index (κ1) is 19.7. The smallest absolute Gasteiger partial charge is 0.264 e. The molecule has 6 heteroatoms. The fraction of sp³-hybridized carbons (Fsp3) is 0.182. The van der Waals surface area contributed by atoms with E-state index in [1.54, 1.807) is 35.2 Å². The van der Waals surface area contributed by atoms with Gasteiger partial charge in [-0.15, -0.1) is 17.9 Å². The molecule has 0 atom stereocenters. The third-order valence-electron chi connectivity index (χ3n) is 4.34. The van der Waals surface area contributed by atoms with Gasteiger partial charge in [0.1, 0.15) is 5.82 Å². The van der Waals surface area contributed by atoms with Crippen LogP contribution in [0.15, 0.2) is 55.1 Å². The number of hydrogen-bond donors (Lipinski definition) is 0. The molecule has 0 unspecified atom stereocenters. The van der Waals surface area contributed by atoms with Crippen molar-refractivity contribution in [3.8, 4) is 6.07 Å². The Balaban J connectivity index is 1.98. The van der Waals surface area contributed by atoms with E-state index in [0.717, 1.165) is 5.56 Å². The van der Waals surface area contributed by atoms with Crippen LogP contribution in [0.1, 0.15) is 26.4 Å². The summed E-state index contributed by atoms with van der Waals surface area (Å²) in [6, 6.07) is 14.0. The zero-order chi connectivity index (χ0) is 20.1. The van der Waals surface area contributed by atoms with Gasteiger partial charge in [0.15, 0.2) is 0 Å². The SMILES string of the molecule is C=CCN(Cc1ccc(C#N)cc1)C(=O)c1sc2cccc(F)c2c1COC. The van der Waals surface area contributed by atoms with E-state index in [0.29, 0.717) is 39.2 Å². The molecule has 0 radical (unpaired) electrons. The average molecular weight is 394 g/mol. The van der Waals surface area contributed by atoms with Crippen LogP contribution in [0.5, 0.6) is 0 Å². The third-order valence-corrected chi connectivity index (χ3v) is 5.52. The lowest BCUT2D eigenvalue weighted by atomic mass is 10.1. The molecule has 0 aliphatic heterocycles. The molecule has 1 amide bonds. The molecule has 0 bridgehead atoms. The van der Waals surface area contributed by atoms with Gasteiger partial charge in [0, 0.05) is 35.8 Å². The molecule has 2 aromatic carbocycles. The largest absolute Gasteiger partial charge is 0.380 e. The minimum atomic E-state index is -0.359. The Kier molecular flexibility index (Phi) is 6.19. The van der Waals surface area contributed by atoms with E-state index in [2.05, 4.69) is 12.6 Å². The maximum absolute atomic E-state index is 14.4. The van der Waals surface area contributed by atoms with E-state index >= 15 is 0 Å². The summed E-state index contributed by atoms with van der Waals surface area (Å²) in [6.07, 6.45) is 1.66. The number of nitrogens with zero attached hydrogens (tertiary/aromatic N) is 2. The van der Waals surface area contributed by atoms with Crippen LogP contribution in [-0.4, -0.2) is 24.5 Å². The number of hydrogen-bond acceptors (Lipinski definition) is 4. The van der Waals surface area contributed by atoms with Gasteiger partial charge in [0.25, 0.3) is 5.91 Å². The van der Waals surface area contributed by atoms with Gasteiger partial charge in [0.05, 0.1) is 23.1 Å². The maximum atomic E-state index is 14.4. The van der Waals surface area contributed by atoms with Crippen molar-refractivity contribution in [2.75, 3.05) is 13.7 Å². The fourth-order valence-electron chi connectivity index (χ4n) is 3.05. The van der Waals surface area contributed by atoms with Crippen LogP contribution in [0.2, 0.25) is 0 Å². The molecule has 0 aliphatic carbocycles. The Morgan fingerprint density at radius 3 is 2.71 bits per heavy atom. The summed E-state index contributed by atoms with van der Waals surface area (Å²) in [5.74, 6) is -0.556. The molecule has 4 nitrogen and oxygen atoms in total. The molecule has 0 fully saturated rings. The zero-order valence-corrected chi connectivity index (χ0v) is 16.3. The molecular weight excluding hydrogens is 375 g/mol. The molecule has 1 heterocycles. The molecule has 3 aromatic rings. The number of carbonyl (C=O) groups excluding carboxylic acids is 1. The highest BCUT2D eigenvalue weighted by Gasteiger charge is 2.24. The number of methoxy groups -OCH3 is 1. The van der Waals surface area contributed by atoms with Gasteiger partial charge in [-0.3, -0.25) is 4.79 Å². The molecule has 0 aliphatic rings. The molecule has 0 N–H and O–H groups in total. The Hall–Kier alpha value is -3.01. The summed E-state index contributed by atoms with van der Waals surface area (Å²) in [5, 5.41) is 9.37. The molecule has 142 valence electrons. The number of thiophene rings is 1. The standard InChI is InChI=1S/C22H19FN2O2S/c1-3-11-25(13-16-9-7-15(12-24)8-10-16)22(26)21-17(14-27-2)20-18(23)5-4-6-19(20)28-21/h3-10H,1,11,13-14H2,2H3. The number of halogens is 1. The predicted molar refractivity (Wildman–Crippen MR) is 109 cm³/mol. The highest BCUT2D eigenvalue weighted by Crippen LogP contribution is 2.34. The number of rotatable bonds is 7. The topological polar surface area (TPSA) is 53.3 Å². The molecule has 0 saturated carbocycles. The first-order valence-electron chi connectivity index (χ1n) is 8.67. The summed E-state index contributed by atoms with van der Waals surface area (Å²) >= 11 is 1.27. The molecule has 0 saturated heterocycles. The van der Waals surface area contributed by atoms with Crippen LogP contribution < -0.4 is 0 Å². The fourth-order valence-corrected chi connectivity index (χ4v) is 4.24. The van der Waals surface area contributed by atoms with Crippen LogP contribution in [0.3, 0.4) is 0 Å². The Morgan fingerprint density at radius 2 is 2.07 bits per heavy atom. The number of ether oxygens (including phenoxy) is 1. The van der Waals surface area contributed by atoms with Gasteiger partial charge in [-0.1, -0.05) is 24.3 Å². The quantitative estimate of drug-likeness (QED) is 0.536. The lowest BCUT2D eigenvalue weighted by molar-refractivity contribution is 0.0763. The van der Waals surface area contributed by atoms with Gasteiger partial charge in [-0.25, -0.2) is 4.39 Å². The summed E-state index contributed by atoms with van der Waals surface area (Å²) in [4.78, 5) is 15.4. The third kappa shape index (κ3) is 3.96. The summed E-state index contributed by atoms with van der Waals surface area (Å²) in [6.45, 7) is 4.61. The van der Waals surface area contributed by atoms with Crippen LogP contribution in [0, 0.1) is 17.1 Å². The summed E-state index contributed by atoms with van der Waals surface area (Å²) < 4.78 is 20.4. The Morgan fingerprint density at radius 1 is 1.32 bits per heavy atom. The van der Waals surface area contributed by atoms with Crippen molar-refractivity contribution in [3.05, 3.63) is 82.5 Å². The molecule has 3 rings (SSSR count). The van der Waals surface area contributed by atoms with E-state index in [4.69, 9.17) is 10.00 Å². The second-order valence-corrected chi connectivity index (χ2v) is 7.29. The molecule has 1 aromatic heterocycles. The number of nitriles is 1. The van der Waals surface area contributed by atoms with Crippen molar-refractivity contribution in [1.82, 2.24) is 4.90 Å². The van der Waals surface area contributed by atoms with Crippen LogP contribution in [0.25, 0.3) is 10.1 Å². The van der Waals surface area contributed by atoms with Gasteiger partial charge >= 0.3 is 0 Å². The minimum Gasteiger partial charge on any atom is -0.380 e. The van der Waals surface area contributed by atoms with E-state index in [1.807, 2.05) is 12.1 Å². The monoisotopic (exact) mass is 394 g/mol. The highest BCUT2D eigenvalue weighted by atomic mass is 32.1. The Labute approximate surface area is 167 Å². The molecule has 0 spiro atoms. The number of benzene rings is 2. The second-order valence-electron chi connectivity index (χ2n) is 6.24. The van der Waals surface area contributed by atoms with Crippen molar-refractivity contribution < 1.29 is 13.9 Å². The molecular formula is C22H19FN2O2S. The van der Waals surface area contributed by atoms with Crippen LogP contribution in [0.4, 0.5) is 4.39 Å². The van der Waals surface area contributed by atoms with Crippen molar-refractivity contribution >= 4 is 27.3 Å². The van der Waals surface area contributed by atoms with Crippen LogP contribution in [-0.2, 0) is 17.9 Å². The normalized spacial score (nSPS) is 10.6. The van der Waals surface area contributed by atoms with Gasteiger partial charge in [0.2, 0.25) is 0 Å². The van der Waals surface area contributed by atoms with E-state index in [9.17, 15) is 9.18 Å². The van der Waals surface area contributed by atoms with E-state index in [-0.39, 0.29) is 18.3 Å². The summed E-state index contributed by atoms with van der Waals surface area (Å²) in [5.41, 5.74) is 2.03. The lowest BCUT2D eigenvalue weighted by Crippen LogP contribution is -2.30. The Bertz CT molecular complexity index is 1050. The van der Waals surface area contributed by atoms with Crippen molar-refractivity contribution in [2.24, 2.45) is 0 Å². The van der Waals surface area contributed by atoms with Gasteiger partial charge in [-0.05, 0) is 29.8 Å². The van der Waals surface area contributed by atoms with Crippen molar-refractivity contribution in [2.45, 2.75) is 13.2 Å². The number of fused-ring (bicyclic) bond motifs is 1.